The molecule has 0 saturated heterocycles. The zero-order valence-corrected chi connectivity index (χ0v) is 14.6. The van der Waals surface area contributed by atoms with E-state index in [9.17, 15) is 5.11 Å². The summed E-state index contributed by atoms with van der Waals surface area (Å²) in [5.41, 5.74) is 4.24. The number of hydrogen-bond acceptors (Lipinski definition) is 1. The van der Waals surface area contributed by atoms with Gasteiger partial charge in [-0.1, -0.05) is 37.1 Å². The van der Waals surface area contributed by atoms with Crippen molar-refractivity contribution in [2.24, 2.45) is 28.6 Å². The zero-order valence-electron chi connectivity index (χ0n) is 14.6. The number of aliphatic hydroxyl groups is 1. The molecule has 1 N–H and O–H groups in total. The number of aliphatic hydroxyl groups excluding tert-OH is 1. The van der Waals surface area contributed by atoms with Gasteiger partial charge in [0.05, 0.1) is 6.10 Å². The third kappa shape index (κ3) is 1.87. The molecule has 0 radical (unpaired) electrons. The van der Waals surface area contributed by atoms with E-state index in [0.717, 1.165) is 24.2 Å². The summed E-state index contributed by atoms with van der Waals surface area (Å²) >= 11 is 0. The van der Waals surface area contributed by atoms with Crippen LogP contribution in [0.1, 0.15) is 72.1 Å². The van der Waals surface area contributed by atoms with E-state index in [1.54, 1.807) is 11.1 Å². The first kappa shape index (κ1) is 15.0. The Hall–Kier alpha value is -0.560. The Bertz CT molecular complexity index is 530. The van der Waals surface area contributed by atoms with Crippen LogP contribution in [0.25, 0.3) is 0 Å². The molecule has 0 aliphatic heterocycles. The molecular formula is C21H32O. The fourth-order valence-electron chi connectivity index (χ4n) is 7.03. The molecule has 1 heteroatoms. The third-order valence-electron chi connectivity index (χ3n) is 8.29. The second-order valence-electron chi connectivity index (χ2n) is 8.94. The Morgan fingerprint density at radius 2 is 1.73 bits per heavy atom. The molecule has 0 bridgehead atoms. The van der Waals surface area contributed by atoms with Crippen LogP contribution in [0.5, 0.6) is 0 Å². The summed E-state index contributed by atoms with van der Waals surface area (Å²) in [6.45, 7) is 7.34. The van der Waals surface area contributed by atoms with Crippen LogP contribution in [0.15, 0.2) is 23.3 Å². The largest absolute Gasteiger partial charge is 0.389 e. The van der Waals surface area contributed by atoms with E-state index >= 15 is 0 Å². The molecule has 4 aliphatic rings. The fourth-order valence-corrected chi connectivity index (χ4v) is 7.03. The van der Waals surface area contributed by atoms with Crippen LogP contribution < -0.4 is 0 Å². The first-order valence-electron chi connectivity index (χ1n) is 9.54. The van der Waals surface area contributed by atoms with Gasteiger partial charge in [-0.25, -0.2) is 0 Å². The van der Waals surface area contributed by atoms with Gasteiger partial charge in [0.2, 0.25) is 0 Å². The highest BCUT2D eigenvalue weighted by molar-refractivity contribution is 5.28. The summed E-state index contributed by atoms with van der Waals surface area (Å²) in [5.74, 6) is 2.71. The molecule has 0 aromatic heterocycles. The maximum atomic E-state index is 10.0. The van der Waals surface area contributed by atoms with Crippen LogP contribution in [0.4, 0.5) is 0 Å². The first-order chi connectivity index (χ1) is 10.5. The molecule has 0 aromatic rings. The molecule has 6 unspecified atom stereocenters. The van der Waals surface area contributed by atoms with E-state index in [-0.39, 0.29) is 6.10 Å². The SMILES string of the molecule is CC=C1CCC2C3CCC4=CC(O)CCC4(C)C3CCC12C. The fraction of sp³-hybridized carbons (Fsp3) is 0.810. The zero-order chi connectivity index (χ0) is 15.5. The number of fused-ring (bicyclic) bond motifs is 5. The Balaban J connectivity index is 1.68. The topological polar surface area (TPSA) is 20.2 Å². The van der Waals surface area contributed by atoms with Gasteiger partial charge in [0.15, 0.2) is 0 Å². The molecule has 0 heterocycles. The van der Waals surface area contributed by atoms with Gasteiger partial charge in [-0.3, -0.25) is 0 Å². The molecule has 4 rings (SSSR count). The average Bonchev–Trinajstić information content (AvgIpc) is 2.84. The Kier molecular flexibility index (Phi) is 3.39. The van der Waals surface area contributed by atoms with Gasteiger partial charge < -0.3 is 5.11 Å². The normalized spacial score (nSPS) is 52.7. The molecule has 6 atom stereocenters. The minimum atomic E-state index is -0.172. The monoisotopic (exact) mass is 300 g/mol. The van der Waals surface area contributed by atoms with Gasteiger partial charge in [-0.05, 0) is 86.9 Å². The highest BCUT2D eigenvalue weighted by atomic mass is 16.3. The van der Waals surface area contributed by atoms with E-state index in [2.05, 4.69) is 32.9 Å². The van der Waals surface area contributed by atoms with Crippen molar-refractivity contribution in [3.8, 4) is 0 Å². The minimum absolute atomic E-state index is 0.172. The number of allylic oxidation sites excluding steroid dienone is 3. The lowest BCUT2D eigenvalue weighted by atomic mass is 9.47. The van der Waals surface area contributed by atoms with Crippen LogP contribution in [-0.2, 0) is 0 Å². The van der Waals surface area contributed by atoms with Gasteiger partial charge in [0.25, 0.3) is 0 Å². The molecule has 3 fully saturated rings. The molecule has 22 heavy (non-hydrogen) atoms. The molecule has 4 aliphatic carbocycles. The van der Waals surface area contributed by atoms with E-state index in [1.165, 1.54) is 44.9 Å². The van der Waals surface area contributed by atoms with Crippen molar-refractivity contribution < 1.29 is 5.11 Å². The second kappa shape index (κ2) is 4.97. The maximum Gasteiger partial charge on any atom is 0.0724 e. The lowest BCUT2D eigenvalue weighted by Crippen LogP contribution is -2.49. The second-order valence-corrected chi connectivity index (χ2v) is 8.94. The summed E-state index contributed by atoms with van der Waals surface area (Å²) in [5, 5.41) is 10.0. The number of hydrogen-bond donors (Lipinski definition) is 1. The molecule has 1 nitrogen and oxygen atoms in total. The average molecular weight is 300 g/mol. The van der Waals surface area contributed by atoms with Crippen LogP contribution >= 0.6 is 0 Å². The molecule has 122 valence electrons. The van der Waals surface area contributed by atoms with Crippen LogP contribution in [-0.4, -0.2) is 11.2 Å². The quantitative estimate of drug-likeness (QED) is 0.605. The van der Waals surface area contributed by atoms with E-state index < -0.39 is 0 Å². The van der Waals surface area contributed by atoms with Crippen molar-refractivity contribution in [3.63, 3.8) is 0 Å². The Morgan fingerprint density at radius 3 is 2.50 bits per heavy atom. The molecule has 0 spiro atoms. The van der Waals surface area contributed by atoms with Gasteiger partial charge in [-0.15, -0.1) is 0 Å². The molecular weight excluding hydrogens is 268 g/mol. The number of rotatable bonds is 0. The van der Waals surface area contributed by atoms with Crippen LogP contribution in [0.3, 0.4) is 0 Å². The van der Waals surface area contributed by atoms with Gasteiger partial charge in [0.1, 0.15) is 0 Å². The highest BCUT2D eigenvalue weighted by Gasteiger charge is 2.57. The molecule has 3 saturated carbocycles. The Labute approximate surface area is 135 Å². The summed E-state index contributed by atoms with van der Waals surface area (Å²) in [6.07, 6.45) is 14.8. The maximum absolute atomic E-state index is 10.0. The third-order valence-corrected chi connectivity index (χ3v) is 8.29. The summed E-state index contributed by atoms with van der Waals surface area (Å²) < 4.78 is 0. The van der Waals surface area contributed by atoms with Crippen LogP contribution in [0.2, 0.25) is 0 Å². The smallest absolute Gasteiger partial charge is 0.0724 e. The predicted octanol–water partition coefficient (Wildman–Crippen LogP) is 5.26. The summed E-state index contributed by atoms with van der Waals surface area (Å²) in [7, 11) is 0. The van der Waals surface area contributed by atoms with Crippen molar-refractivity contribution in [2.75, 3.05) is 0 Å². The summed E-state index contributed by atoms with van der Waals surface area (Å²) in [4.78, 5) is 0. The lowest BCUT2D eigenvalue weighted by Gasteiger charge is -2.58. The minimum Gasteiger partial charge on any atom is -0.389 e. The van der Waals surface area contributed by atoms with Crippen LogP contribution in [0, 0.1) is 28.6 Å². The van der Waals surface area contributed by atoms with E-state index in [4.69, 9.17) is 0 Å². The van der Waals surface area contributed by atoms with E-state index in [1.807, 2.05) is 0 Å². The van der Waals surface area contributed by atoms with E-state index in [0.29, 0.717) is 10.8 Å². The Morgan fingerprint density at radius 1 is 1.00 bits per heavy atom. The molecule has 0 aromatic carbocycles. The lowest BCUT2D eigenvalue weighted by molar-refractivity contribution is -0.0314. The first-order valence-corrected chi connectivity index (χ1v) is 9.54. The van der Waals surface area contributed by atoms with Crippen molar-refractivity contribution in [2.45, 2.75) is 78.2 Å². The molecule has 0 amide bonds. The predicted molar refractivity (Wildman–Crippen MR) is 91.5 cm³/mol. The van der Waals surface area contributed by atoms with Crippen molar-refractivity contribution in [1.29, 1.82) is 0 Å². The van der Waals surface area contributed by atoms with Crippen molar-refractivity contribution in [3.05, 3.63) is 23.3 Å². The van der Waals surface area contributed by atoms with Gasteiger partial charge >= 0.3 is 0 Å². The summed E-state index contributed by atoms with van der Waals surface area (Å²) in [6, 6.07) is 0. The standard InChI is InChI=1S/C21H32O/c1-4-14-6-8-18-17-7-5-15-13-16(22)9-11-21(15,3)19(17)10-12-20(14,18)2/h4,13,16-19,22H,5-12H2,1-3H3. The van der Waals surface area contributed by atoms with Crippen molar-refractivity contribution in [1.82, 2.24) is 0 Å². The van der Waals surface area contributed by atoms with Crippen molar-refractivity contribution >= 4 is 0 Å². The van der Waals surface area contributed by atoms with Gasteiger partial charge in [-0.2, -0.15) is 0 Å². The van der Waals surface area contributed by atoms with Gasteiger partial charge in [0, 0.05) is 0 Å². The highest BCUT2D eigenvalue weighted by Crippen LogP contribution is 2.66.